The molecule has 0 saturated heterocycles. The van der Waals surface area contributed by atoms with Gasteiger partial charge in [-0.05, 0) is 17.7 Å². The molecule has 0 aliphatic heterocycles. The molecule has 0 aromatic heterocycles. The van der Waals surface area contributed by atoms with E-state index in [1.807, 2.05) is 24.3 Å². The Morgan fingerprint density at radius 3 is 2.92 bits per heavy atom. The van der Waals surface area contributed by atoms with E-state index in [2.05, 4.69) is 20.5 Å². The minimum Gasteiger partial charge on any atom is -0.326 e. The van der Waals surface area contributed by atoms with Crippen molar-refractivity contribution in [1.82, 2.24) is 0 Å². The summed E-state index contributed by atoms with van der Waals surface area (Å²) in [6.45, 7) is 0.174. The van der Waals surface area contributed by atoms with Gasteiger partial charge < -0.3 is 9.42 Å². The van der Waals surface area contributed by atoms with Crippen LogP contribution >= 0.6 is 24.2 Å². The highest BCUT2D eigenvalue weighted by atomic mass is 79.9. The zero-order chi connectivity index (χ0) is 8.97. The Kier molecular flexibility index (Phi) is 3.95. The predicted molar refractivity (Wildman–Crippen MR) is 50.2 cm³/mol. The Morgan fingerprint density at radius 2 is 2.33 bits per heavy atom. The zero-order valence-corrected chi connectivity index (χ0v) is 8.74. The Balaban J connectivity index is 2.57. The normalized spacial score (nSPS) is 12.8. The first-order valence-corrected chi connectivity index (χ1v) is 5.34. The van der Waals surface area contributed by atoms with Gasteiger partial charge in [-0.3, -0.25) is 4.57 Å². The number of rotatable bonds is 3. The van der Waals surface area contributed by atoms with Gasteiger partial charge in [-0.25, -0.2) is 0 Å². The molecule has 1 rings (SSSR count). The van der Waals surface area contributed by atoms with Gasteiger partial charge in [0.25, 0.3) is 0 Å². The Labute approximate surface area is 79.4 Å². The molecule has 66 valence electrons. The Hall–Kier alpha value is -0.150. The third-order valence-corrected chi connectivity index (χ3v) is 2.14. The van der Waals surface area contributed by atoms with Crippen molar-refractivity contribution in [3.8, 4) is 0 Å². The molecule has 1 atom stereocenters. The lowest BCUT2D eigenvalue weighted by Crippen LogP contribution is -1.84. The van der Waals surface area contributed by atoms with E-state index in [0.717, 1.165) is 10.0 Å². The Morgan fingerprint density at radius 1 is 1.58 bits per heavy atom. The van der Waals surface area contributed by atoms with Gasteiger partial charge in [-0.2, -0.15) is 0 Å². The average molecular weight is 251 g/mol. The fourth-order valence-electron chi connectivity index (χ4n) is 0.772. The molecule has 5 heteroatoms. The van der Waals surface area contributed by atoms with E-state index in [-0.39, 0.29) is 6.61 Å². The summed E-state index contributed by atoms with van der Waals surface area (Å²) in [7, 11) is -2.81. The van der Waals surface area contributed by atoms with E-state index >= 15 is 0 Å². The zero-order valence-electron chi connectivity index (χ0n) is 6.16. The van der Waals surface area contributed by atoms with Crippen molar-refractivity contribution in [2.75, 3.05) is 0 Å². The van der Waals surface area contributed by atoms with Crippen molar-refractivity contribution in [2.45, 2.75) is 6.61 Å². The lowest BCUT2D eigenvalue weighted by atomic mass is 10.2. The summed E-state index contributed by atoms with van der Waals surface area (Å²) in [5.41, 5.74) is 0.872. The van der Waals surface area contributed by atoms with Gasteiger partial charge in [0, 0.05) is 4.47 Å². The van der Waals surface area contributed by atoms with Crippen LogP contribution in [0.1, 0.15) is 5.56 Å². The first-order valence-electron chi connectivity index (χ1n) is 3.28. The van der Waals surface area contributed by atoms with E-state index in [1.165, 1.54) is 0 Å². The van der Waals surface area contributed by atoms with Gasteiger partial charge in [-0.15, -0.1) is 0 Å². The highest BCUT2D eigenvalue weighted by molar-refractivity contribution is 9.10. The molecule has 0 aliphatic rings. The van der Waals surface area contributed by atoms with Crippen molar-refractivity contribution < 1.29 is 14.0 Å². The smallest absolute Gasteiger partial charge is 0.316 e. The molecule has 0 radical (unpaired) electrons. The summed E-state index contributed by atoms with van der Waals surface area (Å²) in [4.78, 5) is 8.40. The molecular formula is C7H8BrO3P. The standard InChI is InChI=1S/C7H8BrO3P/c8-7-3-1-2-6(4-7)5-11-12(9)10/h1-4,12H,5H2,(H,9,10). The maximum atomic E-state index is 10.2. The second-order valence-corrected chi connectivity index (χ2v) is 3.92. The molecule has 3 nitrogen and oxygen atoms in total. The van der Waals surface area contributed by atoms with Crippen LogP contribution in [0.2, 0.25) is 0 Å². The minimum absolute atomic E-state index is 0.174. The molecule has 12 heavy (non-hydrogen) atoms. The van der Waals surface area contributed by atoms with E-state index in [1.54, 1.807) is 0 Å². The maximum absolute atomic E-state index is 10.2. The lowest BCUT2D eigenvalue weighted by molar-refractivity contribution is 0.272. The van der Waals surface area contributed by atoms with Gasteiger partial charge in [0.1, 0.15) is 0 Å². The molecule has 1 N–H and O–H groups in total. The minimum atomic E-state index is -2.81. The molecule has 1 aromatic carbocycles. The monoisotopic (exact) mass is 250 g/mol. The first kappa shape index (κ1) is 9.93. The van der Waals surface area contributed by atoms with Crippen molar-refractivity contribution in [2.24, 2.45) is 0 Å². The van der Waals surface area contributed by atoms with Crippen LogP contribution in [0.15, 0.2) is 28.7 Å². The predicted octanol–water partition coefficient (Wildman–Crippen LogP) is 2.35. The summed E-state index contributed by atoms with van der Waals surface area (Å²) in [6, 6.07) is 7.39. The van der Waals surface area contributed by atoms with E-state index in [0.29, 0.717) is 0 Å². The molecule has 1 aromatic rings. The SMILES string of the molecule is O=[PH](O)OCc1cccc(Br)c1. The summed E-state index contributed by atoms with van der Waals surface area (Å²) >= 11 is 3.28. The largest absolute Gasteiger partial charge is 0.326 e. The van der Waals surface area contributed by atoms with E-state index in [4.69, 9.17) is 4.89 Å². The molecule has 0 heterocycles. The molecule has 0 fully saturated rings. The quantitative estimate of drug-likeness (QED) is 0.838. The van der Waals surface area contributed by atoms with Crippen molar-refractivity contribution in [1.29, 1.82) is 0 Å². The summed E-state index contributed by atoms with van der Waals surface area (Å²) in [6.07, 6.45) is 0. The second kappa shape index (κ2) is 4.77. The maximum Gasteiger partial charge on any atom is 0.316 e. The van der Waals surface area contributed by atoms with Crippen molar-refractivity contribution in [3.05, 3.63) is 34.3 Å². The lowest BCUT2D eigenvalue weighted by Gasteiger charge is -2.00. The highest BCUT2D eigenvalue weighted by Crippen LogP contribution is 2.19. The summed E-state index contributed by atoms with van der Waals surface area (Å²) < 4.78 is 15.7. The van der Waals surface area contributed by atoms with Gasteiger partial charge >= 0.3 is 8.25 Å². The fourth-order valence-corrected chi connectivity index (χ4v) is 1.51. The molecule has 0 amide bonds. The van der Waals surface area contributed by atoms with Crippen LogP contribution < -0.4 is 0 Å². The van der Waals surface area contributed by atoms with Gasteiger partial charge in [0.15, 0.2) is 0 Å². The Bertz CT molecular complexity index is 290. The second-order valence-electron chi connectivity index (χ2n) is 2.18. The molecule has 1 unspecified atom stereocenters. The van der Waals surface area contributed by atoms with Crippen LogP contribution in [0.25, 0.3) is 0 Å². The van der Waals surface area contributed by atoms with Gasteiger partial charge in [0.05, 0.1) is 6.61 Å². The van der Waals surface area contributed by atoms with Crippen LogP contribution in [-0.4, -0.2) is 4.89 Å². The number of benzene rings is 1. The number of hydrogen-bond acceptors (Lipinski definition) is 2. The van der Waals surface area contributed by atoms with Crippen LogP contribution in [-0.2, 0) is 15.7 Å². The van der Waals surface area contributed by atoms with Gasteiger partial charge in [-0.1, -0.05) is 28.1 Å². The van der Waals surface area contributed by atoms with Crippen LogP contribution in [0.3, 0.4) is 0 Å². The van der Waals surface area contributed by atoms with Crippen LogP contribution in [0, 0.1) is 0 Å². The first-order chi connectivity index (χ1) is 5.68. The van der Waals surface area contributed by atoms with Gasteiger partial charge in [0.2, 0.25) is 0 Å². The van der Waals surface area contributed by atoms with Crippen molar-refractivity contribution in [3.63, 3.8) is 0 Å². The molecule has 0 spiro atoms. The summed E-state index contributed by atoms with van der Waals surface area (Å²) in [5, 5.41) is 0. The fraction of sp³-hybridized carbons (Fsp3) is 0.143. The number of halogens is 1. The topological polar surface area (TPSA) is 46.5 Å². The molecule has 0 aliphatic carbocycles. The van der Waals surface area contributed by atoms with Crippen LogP contribution in [0.5, 0.6) is 0 Å². The average Bonchev–Trinajstić information content (AvgIpc) is 2.01. The number of hydrogen-bond donors (Lipinski definition) is 1. The van der Waals surface area contributed by atoms with E-state index < -0.39 is 8.25 Å². The van der Waals surface area contributed by atoms with E-state index in [9.17, 15) is 4.57 Å². The molecule has 0 bridgehead atoms. The molecular weight excluding hydrogens is 243 g/mol. The third-order valence-electron chi connectivity index (χ3n) is 1.25. The highest BCUT2D eigenvalue weighted by Gasteiger charge is 1.95. The third kappa shape index (κ3) is 3.50. The van der Waals surface area contributed by atoms with Crippen molar-refractivity contribution >= 4 is 24.2 Å². The molecule has 0 saturated carbocycles. The van der Waals surface area contributed by atoms with Crippen LogP contribution in [0.4, 0.5) is 0 Å². The summed E-state index contributed by atoms with van der Waals surface area (Å²) in [5.74, 6) is 0.